The standard InChI is InChI=1S/C28H37FN4O3/c1-36-24-16-20(32-27-21(24)7-4-14-31-27)6-2-3-9-23(29)19-12-15-33(17-19)26(28(34)35)22-8-5-13-30-25(22)18-10-11-18/h5,8,13,16,18-19,23,26H,2-4,6-7,9-12,14-15,17H2,1H3,(H,31,32)(H,34,35)/t19?,23-,26+/m0/s1. The molecule has 5 rings (SSSR count). The van der Waals surface area contributed by atoms with E-state index in [1.165, 1.54) is 0 Å². The average Bonchev–Trinajstić information content (AvgIpc) is 3.63. The Morgan fingerprint density at radius 2 is 2.19 bits per heavy atom. The van der Waals surface area contributed by atoms with E-state index in [0.29, 0.717) is 31.8 Å². The maximum absolute atomic E-state index is 15.2. The minimum absolute atomic E-state index is 0.126. The molecule has 2 fully saturated rings. The lowest BCUT2D eigenvalue weighted by atomic mass is 9.97. The van der Waals surface area contributed by atoms with Crippen LogP contribution in [-0.2, 0) is 17.6 Å². The van der Waals surface area contributed by atoms with Crippen LogP contribution in [0.2, 0.25) is 0 Å². The predicted molar refractivity (Wildman–Crippen MR) is 136 cm³/mol. The van der Waals surface area contributed by atoms with E-state index in [-0.39, 0.29) is 5.92 Å². The van der Waals surface area contributed by atoms with Crippen LogP contribution < -0.4 is 10.1 Å². The summed E-state index contributed by atoms with van der Waals surface area (Å²) in [4.78, 5) is 23.5. The number of hydrogen-bond acceptors (Lipinski definition) is 6. The Bertz CT molecular complexity index is 1060. The molecule has 3 atom stereocenters. The molecule has 4 heterocycles. The SMILES string of the molecule is COc1cc(CCCC[C@H](F)C2CCN([C@@H](C(=O)O)c3cccnc3C3CC3)C2)nc2c1CCCN2. The third-order valence-electron chi connectivity index (χ3n) is 7.91. The van der Waals surface area contributed by atoms with Crippen molar-refractivity contribution < 1.29 is 19.0 Å². The molecule has 1 aliphatic carbocycles. The number of hydrogen-bond donors (Lipinski definition) is 2. The van der Waals surface area contributed by atoms with Gasteiger partial charge in [-0.3, -0.25) is 14.7 Å². The number of anilines is 1. The predicted octanol–water partition coefficient (Wildman–Crippen LogP) is 4.92. The van der Waals surface area contributed by atoms with Crippen LogP contribution in [0, 0.1) is 5.92 Å². The van der Waals surface area contributed by atoms with E-state index in [0.717, 1.165) is 85.6 Å². The number of halogens is 1. The van der Waals surface area contributed by atoms with Gasteiger partial charge in [0.2, 0.25) is 0 Å². The molecule has 7 nitrogen and oxygen atoms in total. The van der Waals surface area contributed by atoms with Gasteiger partial charge in [-0.05, 0) is 64.0 Å². The summed E-state index contributed by atoms with van der Waals surface area (Å²) in [7, 11) is 1.70. The Hall–Kier alpha value is -2.74. The Balaban J connectivity index is 1.13. The fourth-order valence-corrected chi connectivity index (χ4v) is 5.84. The molecule has 0 spiro atoms. The summed E-state index contributed by atoms with van der Waals surface area (Å²) in [6.07, 6.45) is 8.64. The average molecular weight is 497 g/mol. The number of rotatable bonds is 11. The molecule has 8 heteroatoms. The van der Waals surface area contributed by atoms with Crippen molar-refractivity contribution in [3.8, 4) is 5.75 Å². The zero-order valence-electron chi connectivity index (χ0n) is 21.1. The topological polar surface area (TPSA) is 87.6 Å². The lowest BCUT2D eigenvalue weighted by Gasteiger charge is -2.26. The van der Waals surface area contributed by atoms with E-state index in [1.807, 2.05) is 23.1 Å². The van der Waals surface area contributed by atoms with Crippen molar-refractivity contribution in [3.05, 3.63) is 46.9 Å². The number of aryl methyl sites for hydroxylation is 1. The van der Waals surface area contributed by atoms with Crippen molar-refractivity contribution in [3.63, 3.8) is 0 Å². The summed E-state index contributed by atoms with van der Waals surface area (Å²) in [5.41, 5.74) is 3.82. The second-order valence-electron chi connectivity index (χ2n) is 10.5. The summed E-state index contributed by atoms with van der Waals surface area (Å²) in [5, 5.41) is 13.4. The van der Waals surface area contributed by atoms with E-state index in [2.05, 4.69) is 10.3 Å². The minimum atomic E-state index is -0.922. The number of fused-ring (bicyclic) bond motifs is 1. The van der Waals surface area contributed by atoms with Crippen LogP contribution in [0.3, 0.4) is 0 Å². The van der Waals surface area contributed by atoms with Gasteiger partial charge in [-0.25, -0.2) is 9.37 Å². The molecule has 0 aromatic carbocycles. The minimum Gasteiger partial charge on any atom is -0.496 e. The highest BCUT2D eigenvalue weighted by molar-refractivity contribution is 5.76. The smallest absolute Gasteiger partial charge is 0.325 e. The fourth-order valence-electron chi connectivity index (χ4n) is 5.84. The molecule has 0 amide bonds. The molecular weight excluding hydrogens is 459 g/mol. The largest absolute Gasteiger partial charge is 0.496 e. The first-order valence-corrected chi connectivity index (χ1v) is 13.4. The molecule has 2 aromatic heterocycles. The van der Waals surface area contributed by atoms with Gasteiger partial charge in [0.15, 0.2) is 0 Å². The number of carboxylic acids is 1. The molecule has 0 bridgehead atoms. The number of aromatic nitrogens is 2. The zero-order valence-corrected chi connectivity index (χ0v) is 21.1. The van der Waals surface area contributed by atoms with Gasteiger partial charge in [-0.1, -0.05) is 12.5 Å². The first-order valence-electron chi connectivity index (χ1n) is 13.4. The number of aliphatic carboxylic acids is 1. The maximum Gasteiger partial charge on any atom is 0.325 e. The molecule has 3 aliphatic rings. The van der Waals surface area contributed by atoms with Crippen molar-refractivity contribution in [1.29, 1.82) is 0 Å². The normalized spacial score (nSPS) is 21.4. The number of nitrogens with one attached hydrogen (secondary N) is 1. The first-order chi connectivity index (χ1) is 17.5. The van der Waals surface area contributed by atoms with Crippen LogP contribution in [-0.4, -0.2) is 58.9 Å². The van der Waals surface area contributed by atoms with E-state index < -0.39 is 18.2 Å². The molecule has 1 unspecified atom stereocenters. The van der Waals surface area contributed by atoms with Crippen molar-refractivity contribution in [2.45, 2.75) is 75.9 Å². The van der Waals surface area contributed by atoms with Crippen LogP contribution in [0.4, 0.5) is 10.2 Å². The highest BCUT2D eigenvalue weighted by Gasteiger charge is 2.39. The van der Waals surface area contributed by atoms with Crippen LogP contribution in [0.5, 0.6) is 5.75 Å². The third kappa shape index (κ3) is 5.48. The monoisotopic (exact) mass is 496 g/mol. The van der Waals surface area contributed by atoms with Crippen LogP contribution in [0.1, 0.15) is 79.4 Å². The van der Waals surface area contributed by atoms with Crippen molar-refractivity contribution in [2.75, 3.05) is 32.1 Å². The Labute approximate surface area is 212 Å². The summed E-state index contributed by atoms with van der Waals surface area (Å²) in [5.74, 6) is 1.19. The zero-order chi connectivity index (χ0) is 25.1. The number of unbranched alkanes of at least 4 members (excludes halogenated alkanes) is 1. The lowest BCUT2D eigenvalue weighted by Crippen LogP contribution is -2.34. The summed E-state index contributed by atoms with van der Waals surface area (Å²) in [6, 6.07) is 4.98. The third-order valence-corrected chi connectivity index (χ3v) is 7.91. The quantitative estimate of drug-likeness (QED) is 0.427. The van der Waals surface area contributed by atoms with Crippen LogP contribution in [0.15, 0.2) is 24.4 Å². The molecule has 194 valence electrons. The van der Waals surface area contributed by atoms with Crippen molar-refractivity contribution >= 4 is 11.8 Å². The molecule has 36 heavy (non-hydrogen) atoms. The second kappa shape index (κ2) is 11.1. The molecule has 2 aliphatic heterocycles. The first kappa shape index (κ1) is 24.9. The van der Waals surface area contributed by atoms with Gasteiger partial charge in [0, 0.05) is 59.7 Å². The number of likely N-dealkylation sites (tertiary alicyclic amines) is 1. The second-order valence-corrected chi connectivity index (χ2v) is 10.5. The number of ether oxygens (including phenoxy) is 1. The van der Waals surface area contributed by atoms with E-state index in [9.17, 15) is 9.90 Å². The molecule has 1 saturated carbocycles. The fraction of sp³-hybridized carbons (Fsp3) is 0.607. The number of methoxy groups -OCH3 is 1. The Kier molecular flexibility index (Phi) is 7.70. The van der Waals surface area contributed by atoms with Crippen LogP contribution in [0.25, 0.3) is 0 Å². The lowest BCUT2D eigenvalue weighted by molar-refractivity contribution is -0.143. The van der Waals surface area contributed by atoms with E-state index in [4.69, 9.17) is 9.72 Å². The maximum atomic E-state index is 15.2. The summed E-state index contributed by atoms with van der Waals surface area (Å²) < 4.78 is 20.8. The van der Waals surface area contributed by atoms with Gasteiger partial charge < -0.3 is 15.2 Å². The van der Waals surface area contributed by atoms with Gasteiger partial charge in [0.05, 0.1) is 7.11 Å². The van der Waals surface area contributed by atoms with E-state index in [1.54, 1.807) is 13.3 Å². The van der Waals surface area contributed by atoms with Crippen molar-refractivity contribution in [2.24, 2.45) is 5.92 Å². The molecule has 2 N–H and O–H groups in total. The van der Waals surface area contributed by atoms with Gasteiger partial charge in [-0.2, -0.15) is 0 Å². The molecule has 2 aromatic rings. The summed E-state index contributed by atoms with van der Waals surface area (Å²) >= 11 is 0. The number of pyridine rings is 2. The van der Waals surface area contributed by atoms with Gasteiger partial charge in [0.1, 0.15) is 23.8 Å². The molecule has 1 saturated heterocycles. The van der Waals surface area contributed by atoms with Crippen LogP contribution >= 0.6 is 0 Å². The van der Waals surface area contributed by atoms with Gasteiger partial charge in [0.25, 0.3) is 0 Å². The van der Waals surface area contributed by atoms with Crippen molar-refractivity contribution in [1.82, 2.24) is 14.9 Å². The number of nitrogens with zero attached hydrogens (tertiary/aromatic N) is 3. The summed E-state index contributed by atoms with van der Waals surface area (Å²) in [6.45, 7) is 2.01. The number of carbonyl (C=O) groups is 1. The molecule has 0 radical (unpaired) electrons. The van der Waals surface area contributed by atoms with Gasteiger partial charge >= 0.3 is 5.97 Å². The Morgan fingerprint density at radius 3 is 2.97 bits per heavy atom. The number of carboxylic acid groups (broad SMARTS) is 1. The number of alkyl halides is 1. The molecular formula is C28H37FN4O3. The van der Waals surface area contributed by atoms with Gasteiger partial charge in [-0.15, -0.1) is 0 Å². The highest BCUT2D eigenvalue weighted by atomic mass is 19.1. The highest BCUT2D eigenvalue weighted by Crippen LogP contribution is 2.43. The van der Waals surface area contributed by atoms with E-state index >= 15 is 4.39 Å². The Morgan fingerprint density at radius 1 is 1.33 bits per heavy atom.